The van der Waals surface area contributed by atoms with Gasteiger partial charge in [0.1, 0.15) is 11.6 Å². The second-order valence-electron chi connectivity index (χ2n) is 5.09. The molecule has 0 saturated heterocycles. The zero-order chi connectivity index (χ0) is 14.5. The summed E-state index contributed by atoms with van der Waals surface area (Å²) in [6, 6.07) is 9.56. The zero-order valence-electron chi connectivity index (χ0n) is 12.5. The van der Waals surface area contributed by atoms with Crippen LogP contribution in [-0.2, 0) is 20.2 Å². The summed E-state index contributed by atoms with van der Waals surface area (Å²) in [4.78, 5) is 20.9. The molecule has 0 fully saturated rings. The summed E-state index contributed by atoms with van der Waals surface area (Å²) in [6.45, 7) is 6.93. The van der Waals surface area contributed by atoms with Crippen LogP contribution in [0, 0.1) is 11.8 Å². The normalized spacial score (nSPS) is 11.0. The van der Waals surface area contributed by atoms with Crippen LogP contribution < -0.4 is 34.7 Å². The summed E-state index contributed by atoms with van der Waals surface area (Å²) in [5.74, 6) is 2.89. The SMILES string of the molecule is CC(C)(C#CC(=O)[O-])OOC(C)(C)c1ccccc1.[Na+]. The average molecular weight is 284 g/mol. The minimum absolute atomic E-state index is 0. The Hall–Kier alpha value is -0.830. The molecule has 0 spiro atoms. The molecular formula is C15H17NaO4. The number of rotatable bonds is 4. The van der Waals surface area contributed by atoms with Gasteiger partial charge in [0.05, 0.1) is 0 Å². The molecule has 0 heterocycles. The van der Waals surface area contributed by atoms with Gasteiger partial charge in [-0.05, 0) is 39.2 Å². The van der Waals surface area contributed by atoms with E-state index in [0.29, 0.717) is 0 Å². The van der Waals surface area contributed by atoms with Crippen molar-refractivity contribution < 1.29 is 49.2 Å². The van der Waals surface area contributed by atoms with Crippen LogP contribution in [0.4, 0.5) is 0 Å². The summed E-state index contributed by atoms with van der Waals surface area (Å²) < 4.78 is 0. The summed E-state index contributed by atoms with van der Waals surface area (Å²) in [5.41, 5.74) is -0.757. The van der Waals surface area contributed by atoms with Gasteiger partial charge < -0.3 is 9.90 Å². The van der Waals surface area contributed by atoms with Crippen molar-refractivity contribution in [2.45, 2.75) is 38.9 Å². The van der Waals surface area contributed by atoms with Gasteiger partial charge in [0, 0.05) is 0 Å². The molecule has 0 unspecified atom stereocenters. The molecule has 5 heteroatoms. The predicted octanol–water partition coefficient (Wildman–Crippen LogP) is -1.59. The third-order valence-corrected chi connectivity index (χ3v) is 2.39. The molecule has 0 N–H and O–H groups in total. The third-order valence-electron chi connectivity index (χ3n) is 2.39. The molecule has 4 nitrogen and oxygen atoms in total. The third kappa shape index (κ3) is 6.56. The average Bonchev–Trinajstić information content (AvgIpc) is 2.36. The fourth-order valence-corrected chi connectivity index (χ4v) is 1.32. The van der Waals surface area contributed by atoms with E-state index in [2.05, 4.69) is 5.92 Å². The Morgan fingerprint density at radius 3 is 2.15 bits per heavy atom. The quantitative estimate of drug-likeness (QED) is 0.289. The number of benzene rings is 1. The van der Waals surface area contributed by atoms with E-state index in [-0.39, 0.29) is 29.6 Å². The van der Waals surface area contributed by atoms with Gasteiger partial charge in [0.15, 0.2) is 5.60 Å². The Morgan fingerprint density at radius 1 is 1.10 bits per heavy atom. The van der Waals surface area contributed by atoms with Crippen molar-refractivity contribution in [2.24, 2.45) is 0 Å². The summed E-state index contributed by atoms with van der Waals surface area (Å²) in [7, 11) is 0. The van der Waals surface area contributed by atoms with Gasteiger partial charge in [-0.2, -0.15) is 0 Å². The molecule has 0 bridgehead atoms. The molecule has 0 atom stereocenters. The molecule has 1 aromatic carbocycles. The number of aliphatic carboxylic acids is 1. The predicted molar refractivity (Wildman–Crippen MR) is 68.5 cm³/mol. The summed E-state index contributed by atoms with van der Waals surface area (Å²) >= 11 is 0. The van der Waals surface area contributed by atoms with E-state index >= 15 is 0 Å². The van der Waals surface area contributed by atoms with Crippen LogP contribution in [0.5, 0.6) is 0 Å². The van der Waals surface area contributed by atoms with E-state index in [1.165, 1.54) is 0 Å². The van der Waals surface area contributed by atoms with Crippen molar-refractivity contribution >= 4 is 5.97 Å². The van der Waals surface area contributed by atoms with E-state index < -0.39 is 17.2 Å². The van der Waals surface area contributed by atoms with Crippen LogP contribution in [0.25, 0.3) is 0 Å². The Kier molecular flexibility index (Phi) is 7.50. The first-order chi connectivity index (χ1) is 8.73. The van der Waals surface area contributed by atoms with Gasteiger partial charge in [-0.25, -0.2) is 9.78 Å². The minimum Gasteiger partial charge on any atom is -0.537 e. The van der Waals surface area contributed by atoms with Crippen molar-refractivity contribution in [3.05, 3.63) is 35.9 Å². The summed E-state index contributed by atoms with van der Waals surface area (Å²) in [5, 5.41) is 10.3. The number of hydrogen-bond acceptors (Lipinski definition) is 4. The fourth-order valence-electron chi connectivity index (χ4n) is 1.32. The van der Waals surface area contributed by atoms with Gasteiger partial charge in [0.25, 0.3) is 0 Å². The summed E-state index contributed by atoms with van der Waals surface area (Å²) in [6.07, 6.45) is 0. The van der Waals surface area contributed by atoms with Crippen molar-refractivity contribution in [3.63, 3.8) is 0 Å². The molecule has 1 aromatic rings. The monoisotopic (exact) mass is 284 g/mol. The maximum absolute atomic E-state index is 10.3. The molecule has 0 aromatic heterocycles. The van der Waals surface area contributed by atoms with Gasteiger partial charge >= 0.3 is 29.6 Å². The van der Waals surface area contributed by atoms with Crippen LogP contribution in [0.1, 0.15) is 33.3 Å². The number of carbonyl (C=O) groups excluding carboxylic acids is 1. The Labute approximate surface area is 141 Å². The maximum atomic E-state index is 10.3. The van der Waals surface area contributed by atoms with E-state index in [0.717, 1.165) is 5.56 Å². The van der Waals surface area contributed by atoms with Crippen LogP contribution in [0.15, 0.2) is 30.3 Å². The number of hydrogen-bond donors (Lipinski definition) is 0. The topological polar surface area (TPSA) is 58.6 Å². The molecule has 0 aliphatic rings. The standard InChI is InChI=1S/C15H18O4.Na/c1-14(2,11-10-13(16)17)18-19-15(3,4)12-8-6-5-7-9-12;/h5-9H,1-4H3,(H,16,17);/q;+1/p-1. The van der Waals surface area contributed by atoms with E-state index in [1.54, 1.807) is 13.8 Å². The molecule has 102 valence electrons. The first-order valence-electron chi connectivity index (χ1n) is 5.89. The van der Waals surface area contributed by atoms with Gasteiger partial charge in [-0.1, -0.05) is 36.3 Å². The van der Waals surface area contributed by atoms with Gasteiger partial charge in [0.2, 0.25) is 0 Å². The maximum Gasteiger partial charge on any atom is 1.00 e. The van der Waals surface area contributed by atoms with Crippen molar-refractivity contribution in [1.82, 2.24) is 0 Å². The van der Waals surface area contributed by atoms with Crippen molar-refractivity contribution in [2.75, 3.05) is 0 Å². The van der Waals surface area contributed by atoms with E-state index in [1.807, 2.05) is 50.1 Å². The Morgan fingerprint density at radius 2 is 1.65 bits per heavy atom. The molecule has 0 saturated carbocycles. The number of carboxylic acid groups (broad SMARTS) is 1. The Balaban J connectivity index is 0.00000361. The molecule has 0 radical (unpaired) electrons. The van der Waals surface area contributed by atoms with Crippen LogP contribution >= 0.6 is 0 Å². The number of carbonyl (C=O) groups is 1. The second kappa shape index (κ2) is 7.82. The van der Waals surface area contributed by atoms with Crippen molar-refractivity contribution in [3.8, 4) is 11.8 Å². The largest absolute Gasteiger partial charge is 1.00 e. The first-order valence-corrected chi connectivity index (χ1v) is 5.89. The minimum atomic E-state index is -1.45. The second-order valence-corrected chi connectivity index (χ2v) is 5.09. The zero-order valence-corrected chi connectivity index (χ0v) is 14.5. The van der Waals surface area contributed by atoms with Crippen LogP contribution in [-0.4, -0.2) is 11.6 Å². The molecular weight excluding hydrogens is 267 g/mol. The van der Waals surface area contributed by atoms with E-state index in [4.69, 9.17) is 9.78 Å². The molecule has 0 aliphatic carbocycles. The van der Waals surface area contributed by atoms with Gasteiger partial charge in [-0.15, -0.1) is 0 Å². The van der Waals surface area contributed by atoms with Crippen LogP contribution in [0.2, 0.25) is 0 Å². The molecule has 0 aliphatic heterocycles. The van der Waals surface area contributed by atoms with Crippen molar-refractivity contribution in [1.29, 1.82) is 0 Å². The first kappa shape index (κ1) is 19.2. The van der Waals surface area contributed by atoms with Crippen LogP contribution in [0.3, 0.4) is 0 Å². The Bertz CT molecular complexity index is 498. The number of carboxylic acids is 1. The van der Waals surface area contributed by atoms with E-state index in [9.17, 15) is 9.90 Å². The van der Waals surface area contributed by atoms with Gasteiger partial charge in [-0.3, -0.25) is 0 Å². The molecule has 20 heavy (non-hydrogen) atoms. The molecule has 0 amide bonds. The smallest absolute Gasteiger partial charge is 0.537 e. The fraction of sp³-hybridized carbons (Fsp3) is 0.400. The molecule has 1 rings (SSSR count).